The van der Waals surface area contributed by atoms with Gasteiger partial charge in [-0.2, -0.15) is 5.26 Å². The molecule has 1 aliphatic rings. The number of hydrogen-bond acceptors (Lipinski definition) is 2. The summed E-state index contributed by atoms with van der Waals surface area (Å²) in [5.74, 6) is 0. The van der Waals surface area contributed by atoms with E-state index in [9.17, 15) is 5.26 Å². The summed E-state index contributed by atoms with van der Waals surface area (Å²) in [5, 5.41) is 9.67. The summed E-state index contributed by atoms with van der Waals surface area (Å²) in [6.07, 6.45) is 7.85. The van der Waals surface area contributed by atoms with Crippen molar-refractivity contribution in [2.45, 2.75) is 47.5 Å². The number of nitriles is 1. The quantitative estimate of drug-likeness (QED) is 0.680. The molecule has 0 saturated carbocycles. The molecule has 0 spiro atoms. The summed E-state index contributed by atoms with van der Waals surface area (Å²) in [7, 11) is 0. The van der Waals surface area contributed by atoms with E-state index >= 15 is 0 Å². The molecule has 0 aliphatic carbocycles. The molecule has 0 bridgehead atoms. The minimum absolute atomic E-state index is 0.310. The van der Waals surface area contributed by atoms with Gasteiger partial charge in [0.15, 0.2) is 0 Å². The maximum absolute atomic E-state index is 9.67. The zero-order valence-corrected chi connectivity index (χ0v) is 14.2. The molecule has 0 atom stereocenters. The highest BCUT2D eigenvalue weighted by Crippen LogP contribution is 2.39. The Hall–Kier alpha value is -1.75. The number of piperidine rings is 1. The molecular weight excluding hydrogens is 256 g/mol. The van der Waals surface area contributed by atoms with Crippen LogP contribution in [0.1, 0.15) is 47.5 Å². The van der Waals surface area contributed by atoms with E-state index in [2.05, 4.69) is 51.3 Å². The molecule has 1 heterocycles. The van der Waals surface area contributed by atoms with Crippen molar-refractivity contribution in [1.82, 2.24) is 4.90 Å². The Kier molecular flexibility index (Phi) is 6.03. The van der Waals surface area contributed by atoms with E-state index in [1.165, 1.54) is 16.7 Å². The molecule has 0 radical (unpaired) electrons. The lowest BCUT2D eigenvalue weighted by molar-refractivity contribution is 0.207. The first-order valence-corrected chi connectivity index (χ1v) is 7.67. The van der Waals surface area contributed by atoms with Crippen molar-refractivity contribution in [2.75, 3.05) is 13.1 Å². The first-order chi connectivity index (χ1) is 9.88. The smallest absolute Gasteiger partial charge is 0.0816 e. The van der Waals surface area contributed by atoms with Crippen LogP contribution in [0.3, 0.4) is 0 Å². The molecule has 114 valence electrons. The lowest BCUT2D eigenvalue weighted by atomic mass is 9.73. The standard InChI is InChI=1S/C19H28N2/c1-7-8-9-16(4)19(14-20)10-12-21(13-11-19)18(6)17(5)15(2)3/h7-9H,6,10-13H2,1-5H3/b8-7-,16-9+. The SMILES string of the molecule is C=C(C(C)=C(C)C)N1CCC(C#N)(/C(C)=C/C=C\C)CC1. The van der Waals surface area contributed by atoms with Crippen LogP contribution >= 0.6 is 0 Å². The zero-order chi connectivity index (χ0) is 16.0. The van der Waals surface area contributed by atoms with Crippen molar-refractivity contribution in [2.24, 2.45) is 5.41 Å². The van der Waals surface area contributed by atoms with E-state index in [1.807, 2.05) is 19.1 Å². The Morgan fingerprint density at radius 3 is 2.19 bits per heavy atom. The maximum Gasteiger partial charge on any atom is 0.0816 e. The van der Waals surface area contributed by atoms with Gasteiger partial charge in [0.05, 0.1) is 11.5 Å². The Labute approximate surface area is 130 Å². The Morgan fingerprint density at radius 1 is 1.19 bits per heavy atom. The summed E-state index contributed by atoms with van der Waals surface area (Å²) in [6.45, 7) is 16.5. The molecule has 1 aliphatic heterocycles. The number of nitrogens with zero attached hydrogens (tertiary/aromatic N) is 2. The average molecular weight is 284 g/mol. The van der Waals surface area contributed by atoms with Crippen molar-refractivity contribution in [3.63, 3.8) is 0 Å². The topological polar surface area (TPSA) is 27.0 Å². The molecular formula is C19H28N2. The van der Waals surface area contributed by atoms with Gasteiger partial charge in [0.25, 0.3) is 0 Å². The van der Waals surface area contributed by atoms with Gasteiger partial charge in [-0.3, -0.25) is 0 Å². The largest absolute Gasteiger partial charge is 0.372 e. The average Bonchev–Trinajstić information content (AvgIpc) is 2.50. The molecule has 21 heavy (non-hydrogen) atoms. The van der Waals surface area contributed by atoms with E-state index in [-0.39, 0.29) is 5.41 Å². The summed E-state index contributed by atoms with van der Waals surface area (Å²) < 4.78 is 0. The highest BCUT2D eigenvalue weighted by Gasteiger charge is 2.36. The molecule has 2 heteroatoms. The van der Waals surface area contributed by atoms with E-state index in [0.717, 1.165) is 31.6 Å². The van der Waals surface area contributed by atoms with Gasteiger partial charge in [-0.1, -0.05) is 36.0 Å². The van der Waals surface area contributed by atoms with Crippen LogP contribution in [0.2, 0.25) is 0 Å². The van der Waals surface area contributed by atoms with Crippen molar-refractivity contribution < 1.29 is 0 Å². The van der Waals surface area contributed by atoms with Gasteiger partial charge in [0.2, 0.25) is 0 Å². The second kappa shape index (κ2) is 7.31. The van der Waals surface area contributed by atoms with Gasteiger partial charge < -0.3 is 4.90 Å². The predicted octanol–water partition coefficient (Wildman–Crippen LogP) is 4.98. The Bertz CT molecular complexity index is 514. The second-order valence-electron chi connectivity index (χ2n) is 6.13. The fourth-order valence-electron chi connectivity index (χ4n) is 2.68. The van der Waals surface area contributed by atoms with Crippen molar-refractivity contribution in [3.8, 4) is 6.07 Å². The Balaban J connectivity index is 2.85. The van der Waals surface area contributed by atoms with Gasteiger partial charge in [0, 0.05) is 18.8 Å². The van der Waals surface area contributed by atoms with Crippen LogP contribution in [0.4, 0.5) is 0 Å². The highest BCUT2D eigenvalue weighted by molar-refractivity contribution is 5.31. The number of likely N-dealkylation sites (tertiary alicyclic amines) is 1. The van der Waals surface area contributed by atoms with Crippen LogP contribution < -0.4 is 0 Å². The van der Waals surface area contributed by atoms with E-state index in [1.54, 1.807) is 0 Å². The van der Waals surface area contributed by atoms with Gasteiger partial charge in [-0.25, -0.2) is 0 Å². The second-order valence-corrected chi connectivity index (χ2v) is 6.13. The normalized spacial score (nSPS) is 18.5. The number of rotatable bonds is 4. The van der Waals surface area contributed by atoms with Crippen LogP contribution in [-0.2, 0) is 0 Å². The molecule has 1 rings (SSSR count). The van der Waals surface area contributed by atoms with Crippen molar-refractivity contribution >= 4 is 0 Å². The third-order valence-electron chi connectivity index (χ3n) is 4.69. The van der Waals surface area contributed by atoms with Gasteiger partial charge in [-0.05, 0) is 53.0 Å². The Morgan fingerprint density at radius 2 is 1.76 bits per heavy atom. The minimum Gasteiger partial charge on any atom is -0.372 e. The molecule has 1 saturated heterocycles. The number of hydrogen-bond donors (Lipinski definition) is 0. The molecule has 2 nitrogen and oxygen atoms in total. The van der Waals surface area contributed by atoms with Crippen LogP contribution in [0, 0.1) is 16.7 Å². The third kappa shape index (κ3) is 3.88. The molecule has 0 amide bonds. The number of allylic oxidation sites excluding steroid dienone is 6. The summed E-state index contributed by atoms with van der Waals surface area (Å²) in [6, 6.07) is 2.57. The monoisotopic (exact) mass is 284 g/mol. The maximum atomic E-state index is 9.67. The fourth-order valence-corrected chi connectivity index (χ4v) is 2.68. The summed E-state index contributed by atoms with van der Waals surface area (Å²) >= 11 is 0. The van der Waals surface area contributed by atoms with Crippen LogP contribution in [0.25, 0.3) is 0 Å². The molecule has 0 aromatic carbocycles. The van der Waals surface area contributed by atoms with Crippen molar-refractivity contribution in [3.05, 3.63) is 47.2 Å². The van der Waals surface area contributed by atoms with Crippen LogP contribution in [-0.4, -0.2) is 18.0 Å². The minimum atomic E-state index is -0.310. The van der Waals surface area contributed by atoms with Crippen LogP contribution in [0.15, 0.2) is 47.2 Å². The van der Waals surface area contributed by atoms with E-state index in [0.29, 0.717) is 0 Å². The van der Waals surface area contributed by atoms with Gasteiger partial charge >= 0.3 is 0 Å². The lowest BCUT2D eigenvalue weighted by Crippen LogP contribution is -2.39. The van der Waals surface area contributed by atoms with E-state index in [4.69, 9.17) is 0 Å². The molecule has 0 aromatic rings. The van der Waals surface area contributed by atoms with Gasteiger partial charge in [-0.15, -0.1) is 0 Å². The molecule has 0 N–H and O–H groups in total. The van der Waals surface area contributed by atoms with Crippen molar-refractivity contribution in [1.29, 1.82) is 5.26 Å². The fraction of sp³-hybridized carbons (Fsp3) is 0.526. The van der Waals surface area contributed by atoms with E-state index < -0.39 is 0 Å². The van der Waals surface area contributed by atoms with Crippen LogP contribution in [0.5, 0.6) is 0 Å². The third-order valence-corrected chi connectivity index (χ3v) is 4.69. The summed E-state index contributed by atoms with van der Waals surface area (Å²) in [4.78, 5) is 2.32. The first kappa shape index (κ1) is 17.3. The molecule has 1 fully saturated rings. The molecule has 0 unspecified atom stereocenters. The summed E-state index contributed by atoms with van der Waals surface area (Å²) in [5.41, 5.74) is 4.54. The highest BCUT2D eigenvalue weighted by atomic mass is 15.1. The lowest BCUT2D eigenvalue weighted by Gasteiger charge is -2.40. The van der Waals surface area contributed by atoms with Gasteiger partial charge in [0.1, 0.15) is 0 Å². The predicted molar refractivity (Wildman–Crippen MR) is 90.6 cm³/mol. The zero-order valence-electron chi connectivity index (χ0n) is 14.2. The molecule has 0 aromatic heterocycles. The first-order valence-electron chi connectivity index (χ1n) is 7.67.